The van der Waals surface area contributed by atoms with E-state index in [1.807, 2.05) is 0 Å². The summed E-state index contributed by atoms with van der Waals surface area (Å²) in [4.78, 5) is 21.8. The van der Waals surface area contributed by atoms with Crippen LogP contribution in [0.3, 0.4) is 0 Å². The van der Waals surface area contributed by atoms with Crippen molar-refractivity contribution in [1.82, 2.24) is 15.0 Å². The summed E-state index contributed by atoms with van der Waals surface area (Å²) in [5, 5.41) is 19.2. The number of aliphatic hydroxyl groups is 2. The van der Waals surface area contributed by atoms with Crippen LogP contribution in [0.4, 0.5) is 0 Å². The maximum atomic E-state index is 11.1. The highest BCUT2D eigenvalue weighted by atomic mass is 16.5. The van der Waals surface area contributed by atoms with E-state index >= 15 is 0 Å². The van der Waals surface area contributed by atoms with Gasteiger partial charge in [-0.3, -0.25) is 0 Å². The average Bonchev–Trinajstić information content (AvgIpc) is 2.83. The summed E-state index contributed by atoms with van der Waals surface area (Å²) in [7, 11) is 1.13. The molecule has 90 valence electrons. The van der Waals surface area contributed by atoms with E-state index in [-0.39, 0.29) is 0 Å². The lowest BCUT2D eigenvalue weighted by atomic mass is 10.1. The number of rotatable bonds is 3. The molecule has 0 saturated heterocycles. The molecule has 2 heterocycles. The van der Waals surface area contributed by atoms with Gasteiger partial charge < -0.3 is 19.9 Å². The Morgan fingerprint density at radius 1 is 1.47 bits per heavy atom. The Hall–Kier alpha value is -1.99. The number of pyridine rings is 1. The standard InChI is InChI=1S/C10H11N3O4/c1-17-10(16)8(15)7(14)5-2-6-9(11-3-5)13-4-12-6/h2-4,7-8,14-15H,1H3,(H,11,12,13). The molecule has 2 aromatic heterocycles. The van der Waals surface area contributed by atoms with Crippen molar-refractivity contribution >= 4 is 17.1 Å². The largest absolute Gasteiger partial charge is 0.467 e. The number of hydrogen-bond donors (Lipinski definition) is 3. The molecule has 3 N–H and O–H groups in total. The minimum atomic E-state index is -1.64. The number of imidazole rings is 1. The Kier molecular flexibility index (Phi) is 3.03. The first-order valence-electron chi connectivity index (χ1n) is 4.86. The SMILES string of the molecule is COC(=O)C(O)C(O)c1cnc2nc[nH]c2c1. The van der Waals surface area contributed by atoms with Crippen LogP contribution in [0.15, 0.2) is 18.6 Å². The third kappa shape index (κ3) is 2.10. The van der Waals surface area contributed by atoms with Gasteiger partial charge in [0.05, 0.1) is 19.0 Å². The van der Waals surface area contributed by atoms with Crippen LogP contribution in [0, 0.1) is 0 Å². The van der Waals surface area contributed by atoms with Gasteiger partial charge >= 0.3 is 5.97 Å². The summed E-state index contributed by atoms with van der Waals surface area (Å²) in [6.07, 6.45) is -0.213. The van der Waals surface area contributed by atoms with Gasteiger partial charge in [0.15, 0.2) is 11.8 Å². The van der Waals surface area contributed by atoms with E-state index in [1.165, 1.54) is 12.5 Å². The number of fused-ring (bicyclic) bond motifs is 1. The van der Waals surface area contributed by atoms with Gasteiger partial charge in [-0.05, 0) is 6.07 Å². The van der Waals surface area contributed by atoms with E-state index in [1.54, 1.807) is 6.07 Å². The van der Waals surface area contributed by atoms with Crippen LogP contribution < -0.4 is 0 Å². The van der Waals surface area contributed by atoms with Crippen molar-refractivity contribution in [3.05, 3.63) is 24.2 Å². The molecule has 0 amide bonds. The molecule has 0 radical (unpaired) electrons. The van der Waals surface area contributed by atoms with Gasteiger partial charge in [-0.1, -0.05) is 0 Å². The molecule has 0 aliphatic carbocycles. The van der Waals surface area contributed by atoms with Gasteiger partial charge in [-0.2, -0.15) is 0 Å². The van der Waals surface area contributed by atoms with Gasteiger partial charge in [0.1, 0.15) is 6.10 Å². The molecule has 0 fully saturated rings. The highest BCUT2D eigenvalue weighted by Gasteiger charge is 2.26. The first-order chi connectivity index (χ1) is 8.13. The Morgan fingerprint density at radius 2 is 2.24 bits per heavy atom. The van der Waals surface area contributed by atoms with Crippen molar-refractivity contribution in [1.29, 1.82) is 0 Å². The van der Waals surface area contributed by atoms with Crippen molar-refractivity contribution < 1.29 is 19.7 Å². The zero-order valence-corrected chi connectivity index (χ0v) is 8.99. The normalized spacial score (nSPS) is 14.5. The minimum Gasteiger partial charge on any atom is -0.467 e. The second-order valence-corrected chi connectivity index (χ2v) is 3.46. The topological polar surface area (TPSA) is 108 Å². The fourth-order valence-electron chi connectivity index (χ4n) is 1.44. The summed E-state index contributed by atoms with van der Waals surface area (Å²) in [5.41, 5.74) is 1.41. The lowest BCUT2D eigenvalue weighted by molar-refractivity contribution is -0.156. The quantitative estimate of drug-likeness (QED) is 0.622. The fraction of sp³-hybridized carbons (Fsp3) is 0.300. The molecule has 2 aromatic rings. The monoisotopic (exact) mass is 237 g/mol. The molecule has 7 heteroatoms. The number of esters is 1. The third-order valence-corrected chi connectivity index (χ3v) is 2.38. The Labute approximate surface area is 96.1 Å². The lowest BCUT2D eigenvalue weighted by Gasteiger charge is -2.15. The van der Waals surface area contributed by atoms with Crippen LogP contribution in [0.1, 0.15) is 11.7 Å². The molecule has 2 unspecified atom stereocenters. The molecule has 17 heavy (non-hydrogen) atoms. The Morgan fingerprint density at radius 3 is 2.94 bits per heavy atom. The molecule has 0 bridgehead atoms. The van der Waals surface area contributed by atoms with Crippen LogP contribution in [0.5, 0.6) is 0 Å². The van der Waals surface area contributed by atoms with E-state index in [0.717, 1.165) is 7.11 Å². The zero-order valence-electron chi connectivity index (χ0n) is 8.99. The molecule has 0 aliphatic heterocycles. The Bertz CT molecular complexity index is 539. The molecule has 0 saturated carbocycles. The number of aliphatic hydroxyl groups excluding tert-OH is 2. The molecule has 2 rings (SSSR count). The first kappa shape index (κ1) is 11.5. The van der Waals surface area contributed by atoms with E-state index in [9.17, 15) is 15.0 Å². The van der Waals surface area contributed by atoms with Gasteiger partial charge in [-0.25, -0.2) is 14.8 Å². The number of nitrogens with one attached hydrogen (secondary N) is 1. The van der Waals surface area contributed by atoms with Crippen LogP contribution >= 0.6 is 0 Å². The maximum Gasteiger partial charge on any atom is 0.337 e. The minimum absolute atomic E-state index is 0.305. The van der Waals surface area contributed by atoms with E-state index in [4.69, 9.17) is 0 Å². The molecule has 2 atom stereocenters. The number of hydrogen-bond acceptors (Lipinski definition) is 6. The predicted octanol–water partition coefficient (Wildman–Crippen LogP) is -0.475. The molecule has 7 nitrogen and oxygen atoms in total. The van der Waals surface area contributed by atoms with Crippen molar-refractivity contribution in [3.63, 3.8) is 0 Å². The van der Waals surface area contributed by atoms with E-state index in [0.29, 0.717) is 16.7 Å². The van der Waals surface area contributed by atoms with Crippen LogP contribution in [0.2, 0.25) is 0 Å². The zero-order chi connectivity index (χ0) is 12.4. The summed E-state index contributed by atoms with van der Waals surface area (Å²) in [5.74, 6) is -0.901. The number of nitrogens with zero attached hydrogens (tertiary/aromatic N) is 2. The average molecular weight is 237 g/mol. The van der Waals surface area contributed by atoms with Crippen molar-refractivity contribution in [2.45, 2.75) is 12.2 Å². The second kappa shape index (κ2) is 4.48. The Balaban J connectivity index is 2.29. The number of aromatic amines is 1. The molecular weight excluding hydrogens is 226 g/mol. The molecular formula is C10H11N3O4. The molecule has 0 aromatic carbocycles. The predicted molar refractivity (Wildman–Crippen MR) is 56.9 cm³/mol. The van der Waals surface area contributed by atoms with Crippen molar-refractivity contribution in [3.8, 4) is 0 Å². The highest BCUT2D eigenvalue weighted by molar-refractivity contribution is 5.76. The third-order valence-electron chi connectivity index (χ3n) is 2.38. The maximum absolute atomic E-state index is 11.1. The van der Waals surface area contributed by atoms with Crippen LogP contribution in [-0.4, -0.2) is 44.3 Å². The number of carbonyl (C=O) groups excluding carboxylic acids is 1. The summed E-state index contributed by atoms with van der Waals surface area (Å²) >= 11 is 0. The number of H-pyrrole nitrogens is 1. The molecule has 0 spiro atoms. The number of aromatic nitrogens is 3. The molecule has 0 aliphatic rings. The first-order valence-corrected chi connectivity index (χ1v) is 4.86. The second-order valence-electron chi connectivity index (χ2n) is 3.46. The van der Waals surface area contributed by atoms with Crippen molar-refractivity contribution in [2.24, 2.45) is 0 Å². The number of methoxy groups -OCH3 is 1. The highest BCUT2D eigenvalue weighted by Crippen LogP contribution is 2.19. The van der Waals surface area contributed by atoms with E-state index in [2.05, 4.69) is 19.7 Å². The fourth-order valence-corrected chi connectivity index (χ4v) is 1.44. The van der Waals surface area contributed by atoms with Crippen LogP contribution in [0.25, 0.3) is 11.2 Å². The van der Waals surface area contributed by atoms with Gasteiger partial charge in [0.25, 0.3) is 0 Å². The lowest BCUT2D eigenvalue weighted by Crippen LogP contribution is -2.29. The summed E-state index contributed by atoms with van der Waals surface area (Å²) in [6, 6.07) is 1.56. The van der Waals surface area contributed by atoms with Gasteiger partial charge in [0, 0.05) is 11.8 Å². The number of ether oxygens (including phenoxy) is 1. The van der Waals surface area contributed by atoms with Crippen molar-refractivity contribution in [2.75, 3.05) is 7.11 Å². The number of carbonyl (C=O) groups is 1. The smallest absolute Gasteiger partial charge is 0.337 e. The van der Waals surface area contributed by atoms with E-state index < -0.39 is 18.2 Å². The summed E-state index contributed by atoms with van der Waals surface area (Å²) < 4.78 is 4.34. The van der Waals surface area contributed by atoms with Gasteiger partial charge in [-0.15, -0.1) is 0 Å². The van der Waals surface area contributed by atoms with Gasteiger partial charge in [0.2, 0.25) is 0 Å². The summed E-state index contributed by atoms with van der Waals surface area (Å²) in [6.45, 7) is 0. The van der Waals surface area contributed by atoms with Crippen LogP contribution in [-0.2, 0) is 9.53 Å².